The highest BCUT2D eigenvalue weighted by molar-refractivity contribution is 7.18. The van der Waals surface area contributed by atoms with Gasteiger partial charge < -0.3 is 14.8 Å². The maximum Gasteiger partial charge on any atom is 0.257 e. The Labute approximate surface area is 157 Å². The predicted molar refractivity (Wildman–Crippen MR) is 104 cm³/mol. The molecule has 1 heterocycles. The molecular weight excluding hydrogens is 348 g/mol. The van der Waals surface area contributed by atoms with Gasteiger partial charge in [-0.15, -0.1) is 11.3 Å². The van der Waals surface area contributed by atoms with Gasteiger partial charge in [-0.1, -0.05) is 24.3 Å². The van der Waals surface area contributed by atoms with E-state index in [1.54, 1.807) is 17.4 Å². The number of hydrogen-bond acceptors (Lipinski definition) is 5. The monoisotopic (exact) mass is 370 g/mol. The zero-order valence-electron chi connectivity index (χ0n) is 14.7. The van der Waals surface area contributed by atoms with Crippen LogP contribution in [0.15, 0.2) is 48.5 Å². The second-order valence-electron chi connectivity index (χ2n) is 5.70. The Balaban J connectivity index is 1.39. The molecule has 1 aromatic heterocycles. The van der Waals surface area contributed by atoms with Crippen LogP contribution in [0, 0.1) is 0 Å². The third kappa shape index (κ3) is 4.95. The van der Waals surface area contributed by atoms with Gasteiger partial charge in [-0.3, -0.25) is 4.79 Å². The number of nitrogens with zero attached hydrogens (tertiary/aromatic N) is 1. The average molecular weight is 370 g/mol. The molecule has 26 heavy (non-hydrogen) atoms. The molecule has 0 aliphatic rings. The molecule has 6 heteroatoms. The fourth-order valence-electron chi connectivity index (χ4n) is 2.53. The zero-order chi connectivity index (χ0) is 18.2. The highest BCUT2D eigenvalue weighted by Crippen LogP contribution is 2.26. The molecule has 5 nitrogen and oxygen atoms in total. The second-order valence-corrected chi connectivity index (χ2v) is 6.81. The van der Waals surface area contributed by atoms with E-state index in [2.05, 4.69) is 16.4 Å². The molecule has 0 aliphatic heterocycles. The largest absolute Gasteiger partial charge is 0.490 e. The summed E-state index contributed by atoms with van der Waals surface area (Å²) in [6, 6.07) is 15.5. The molecule has 136 valence electrons. The molecule has 0 unspecified atom stereocenters. The highest BCUT2D eigenvalue weighted by atomic mass is 32.1. The van der Waals surface area contributed by atoms with E-state index in [4.69, 9.17) is 9.47 Å². The number of carbonyl (C=O) groups is 1. The van der Waals surface area contributed by atoms with Gasteiger partial charge >= 0.3 is 0 Å². The number of aromatic nitrogens is 1. The van der Waals surface area contributed by atoms with E-state index in [1.807, 2.05) is 43.3 Å². The first kappa shape index (κ1) is 18.2. The maximum atomic E-state index is 11.9. The summed E-state index contributed by atoms with van der Waals surface area (Å²) in [5, 5.41) is 3.98. The fourth-order valence-corrected chi connectivity index (χ4v) is 3.54. The summed E-state index contributed by atoms with van der Waals surface area (Å²) in [4.78, 5) is 16.5. The van der Waals surface area contributed by atoms with Crippen molar-refractivity contribution in [3.63, 3.8) is 0 Å². The van der Waals surface area contributed by atoms with Gasteiger partial charge in [0.2, 0.25) is 0 Å². The first-order valence-corrected chi connectivity index (χ1v) is 9.53. The van der Waals surface area contributed by atoms with E-state index in [1.165, 1.54) is 4.70 Å². The number of aryl methyl sites for hydroxylation is 1. The van der Waals surface area contributed by atoms with E-state index in [-0.39, 0.29) is 12.5 Å². The summed E-state index contributed by atoms with van der Waals surface area (Å²) in [5.74, 6) is 1.10. The number of carbonyl (C=O) groups excluding carboxylic acids is 1. The molecule has 0 saturated carbocycles. The normalized spacial score (nSPS) is 10.7. The number of thiazole rings is 1. The quantitative estimate of drug-likeness (QED) is 0.582. The molecule has 0 atom stereocenters. The second kappa shape index (κ2) is 9.20. The summed E-state index contributed by atoms with van der Waals surface area (Å²) in [5.41, 5.74) is 1.04. The summed E-state index contributed by atoms with van der Waals surface area (Å²) >= 11 is 1.71. The molecule has 0 fully saturated rings. The average Bonchev–Trinajstić information content (AvgIpc) is 3.07. The van der Waals surface area contributed by atoms with Crippen LogP contribution in [0.5, 0.6) is 11.5 Å². The number of para-hydroxylation sites is 3. The van der Waals surface area contributed by atoms with Crippen LogP contribution in [0.4, 0.5) is 0 Å². The third-order valence-corrected chi connectivity index (χ3v) is 4.83. The maximum absolute atomic E-state index is 11.9. The molecule has 0 aliphatic carbocycles. The van der Waals surface area contributed by atoms with Gasteiger partial charge in [0, 0.05) is 13.0 Å². The van der Waals surface area contributed by atoms with E-state index in [0.29, 0.717) is 24.7 Å². The van der Waals surface area contributed by atoms with Crippen LogP contribution >= 0.6 is 11.3 Å². The van der Waals surface area contributed by atoms with E-state index < -0.39 is 0 Å². The lowest BCUT2D eigenvalue weighted by Gasteiger charge is -2.11. The van der Waals surface area contributed by atoms with Crippen LogP contribution < -0.4 is 14.8 Å². The highest BCUT2D eigenvalue weighted by Gasteiger charge is 2.07. The number of rotatable bonds is 9. The van der Waals surface area contributed by atoms with Crippen LogP contribution in [0.25, 0.3) is 10.2 Å². The Kier molecular flexibility index (Phi) is 6.44. The lowest BCUT2D eigenvalue weighted by molar-refractivity contribution is -0.123. The Hall–Kier alpha value is -2.60. The smallest absolute Gasteiger partial charge is 0.257 e. The number of nitrogens with one attached hydrogen (secondary N) is 1. The van der Waals surface area contributed by atoms with Crippen molar-refractivity contribution in [1.29, 1.82) is 0 Å². The fraction of sp³-hybridized carbons (Fsp3) is 0.300. The molecule has 0 radical (unpaired) electrons. The Morgan fingerprint density at radius 1 is 1.08 bits per heavy atom. The van der Waals surface area contributed by atoms with Crippen molar-refractivity contribution in [2.45, 2.75) is 19.8 Å². The minimum atomic E-state index is -0.138. The van der Waals surface area contributed by atoms with Crippen LogP contribution in [-0.4, -0.2) is 30.6 Å². The summed E-state index contributed by atoms with van der Waals surface area (Å²) in [6.07, 6.45) is 1.70. The van der Waals surface area contributed by atoms with Crippen molar-refractivity contribution in [1.82, 2.24) is 10.3 Å². The number of fused-ring (bicyclic) bond motifs is 1. The molecule has 1 amide bonds. The van der Waals surface area contributed by atoms with Gasteiger partial charge in [0.15, 0.2) is 18.1 Å². The minimum Gasteiger partial charge on any atom is -0.490 e. The molecular formula is C20H22N2O3S. The van der Waals surface area contributed by atoms with Gasteiger partial charge in [-0.05, 0) is 37.6 Å². The van der Waals surface area contributed by atoms with Crippen molar-refractivity contribution in [3.8, 4) is 11.5 Å². The molecule has 3 aromatic rings. The molecule has 2 aromatic carbocycles. The van der Waals surface area contributed by atoms with Crippen molar-refractivity contribution < 1.29 is 14.3 Å². The summed E-state index contributed by atoms with van der Waals surface area (Å²) in [7, 11) is 0. The van der Waals surface area contributed by atoms with Gasteiger partial charge in [-0.25, -0.2) is 4.98 Å². The number of benzene rings is 2. The number of hydrogen-bond donors (Lipinski definition) is 1. The first-order valence-electron chi connectivity index (χ1n) is 8.72. The molecule has 3 rings (SSSR count). The van der Waals surface area contributed by atoms with E-state index in [0.717, 1.165) is 23.4 Å². The molecule has 0 bridgehead atoms. The molecule has 1 N–H and O–H groups in total. The molecule has 0 spiro atoms. The van der Waals surface area contributed by atoms with Crippen molar-refractivity contribution in [2.75, 3.05) is 19.8 Å². The standard InChI is InChI=1S/C20H22N2O3S/c1-2-24-16-9-4-5-10-17(16)25-14-19(23)21-13-7-12-20-22-15-8-3-6-11-18(15)26-20/h3-6,8-11H,2,7,12-14H2,1H3,(H,21,23). The van der Waals surface area contributed by atoms with Gasteiger partial charge in [0.05, 0.1) is 21.8 Å². The first-order chi connectivity index (χ1) is 12.8. The van der Waals surface area contributed by atoms with Crippen molar-refractivity contribution >= 4 is 27.5 Å². The SMILES string of the molecule is CCOc1ccccc1OCC(=O)NCCCc1nc2ccccc2s1. The third-order valence-electron chi connectivity index (χ3n) is 3.74. The number of ether oxygens (including phenoxy) is 2. The van der Waals surface area contributed by atoms with Gasteiger partial charge in [-0.2, -0.15) is 0 Å². The van der Waals surface area contributed by atoms with Gasteiger partial charge in [0.25, 0.3) is 5.91 Å². The predicted octanol–water partition coefficient (Wildman–Crippen LogP) is 3.82. The lowest BCUT2D eigenvalue weighted by atomic mass is 10.3. The topological polar surface area (TPSA) is 60.5 Å². The summed E-state index contributed by atoms with van der Waals surface area (Å²) in [6.45, 7) is 3.05. The van der Waals surface area contributed by atoms with E-state index >= 15 is 0 Å². The Morgan fingerprint density at radius 3 is 2.58 bits per heavy atom. The van der Waals surface area contributed by atoms with Crippen molar-refractivity contribution in [3.05, 3.63) is 53.5 Å². The van der Waals surface area contributed by atoms with Crippen LogP contribution in [0.1, 0.15) is 18.4 Å². The Morgan fingerprint density at radius 2 is 1.81 bits per heavy atom. The zero-order valence-corrected chi connectivity index (χ0v) is 15.6. The Bertz CT molecular complexity index is 830. The van der Waals surface area contributed by atoms with Gasteiger partial charge in [0.1, 0.15) is 0 Å². The minimum absolute atomic E-state index is 0.0226. The number of amides is 1. The lowest BCUT2D eigenvalue weighted by Crippen LogP contribution is -2.30. The van der Waals surface area contributed by atoms with Crippen LogP contribution in [0.2, 0.25) is 0 Å². The van der Waals surface area contributed by atoms with Crippen molar-refractivity contribution in [2.24, 2.45) is 0 Å². The van der Waals surface area contributed by atoms with Crippen LogP contribution in [0.3, 0.4) is 0 Å². The molecule has 0 saturated heterocycles. The van der Waals surface area contributed by atoms with E-state index in [9.17, 15) is 4.79 Å². The van der Waals surface area contributed by atoms with Crippen LogP contribution in [-0.2, 0) is 11.2 Å². The summed E-state index contributed by atoms with van der Waals surface area (Å²) < 4.78 is 12.2.